The molecule has 0 saturated heterocycles. The largest absolute Gasteiger partial charge is 0.779 e. The summed E-state index contributed by atoms with van der Waals surface area (Å²) >= 11 is 0. The summed E-state index contributed by atoms with van der Waals surface area (Å²) in [5, 5.41) is 0. The molecular formula is C7H12O3P-. The zero-order valence-corrected chi connectivity index (χ0v) is 7.47. The second-order valence-electron chi connectivity index (χ2n) is 2.27. The van der Waals surface area contributed by atoms with Gasteiger partial charge in [0.05, 0.1) is 6.61 Å². The Bertz CT molecular complexity index is 177. The van der Waals surface area contributed by atoms with Crippen molar-refractivity contribution in [3.8, 4) is 12.3 Å². The molecule has 0 N–H and O–H groups in total. The minimum absolute atomic E-state index is 0.249. The Morgan fingerprint density at radius 2 is 2.27 bits per heavy atom. The number of hydrogen-bond acceptors (Lipinski definition) is 3. The van der Waals surface area contributed by atoms with Crippen LogP contribution >= 0.6 is 7.60 Å². The minimum Gasteiger partial charge on any atom is -0.779 e. The highest BCUT2D eigenvalue weighted by atomic mass is 31.2. The van der Waals surface area contributed by atoms with Crippen LogP contribution in [0.15, 0.2) is 0 Å². The second-order valence-corrected chi connectivity index (χ2v) is 4.07. The molecule has 4 heteroatoms. The molecule has 0 aliphatic rings. The van der Waals surface area contributed by atoms with Crippen LogP contribution in [0.25, 0.3) is 0 Å². The van der Waals surface area contributed by atoms with Gasteiger partial charge in [-0.2, -0.15) is 0 Å². The molecule has 0 spiro atoms. The van der Waals surface area contributed by atoms with E-state index in [9.17, 15) is 9.46 Å². The Morgan fingerprint density at radius 3 is 2.73 bits per heavy atom. The van der Waals surface area contributed by atoms with Crippen molar-refractivity contribution >= 4 is 7.60 Å². The molecule has 11 heavy (non-hydrogen) atoms. The van der Waals surface area contributed by atoms with Crippen molar-refractivity contribution in [2.75, 3.05) is 13.3 Å². The maximum Gasteiger partial charge on any atom is 0.131 e. The maximum absolute atomic E-state index is 10.4. The standard InChI is InChI=1S/C7H13O3P/c1-3-4-5-6-7-10-11(2,8)9/h1H,4-7H2,2H3,(H,8,9)/p-1. The summed E-state index contributed by atoms with van der Waals surface area (Å²) in [6, 6.07) is 0. The summed E-state index contributed by atoms with van der Waals surface area (Å²) in [5.74, 6) is 2.46. The van der Waals surface area contributed by atoms with Gasteiger partial charge in [0.1, 0.15) is 7.60 Å². The van der Waals surface area contributed by atoms with Crippen LogP contribution in [0.3, 0.4) is 0 Å². The lowest BCUT2D eigenvalue weighted by atomic mass is 10.2. The third-order valence-electron chi connectivity index (χ3n) is 1.04. The van der Waals surface area contributed by atoms with Crippen molar-refractivity contribution in [2.45, 2.75) is 19.3 Å². The molecule has 0 aliphatic carbocycles. The van der Waals surface area contributed by atoms with Gasteiger partial charge in [0, 0.05) is 13.1 Å². The van der Waals surface area contributed by atoms with Crippen LogP contribution in [0.2, 0.25) is 0 Å². The molecule has 0 fully saturated rings. The highest BCUT2D eigenvalue weighted by Gasteiger charge is 1.96. The van der Waals surface area contributed by atoms with Gasteiger partial charge in [-0.15, -0.1) is 12.3 Å². The molecule has 0 aromatic rings. The second kappa shape index (κ2) is 5.37. The number of rotatable bonds is 5. The fourth-order valence-corrected chi connectivity index (χ4v) is 1.02. The predicted molar refractivity (Wildman–Crippen MR) is 42.2 cm³/mol. The molecule has 0 saturated carbocycles. The van der Waals surface area contributed by atoms with E-state index in [2.05, 4.69) is 10.4 Å². The van der Waals surface area contributed by atoms with E-state index in [0.29, 0.717) is 12.8 Å². The van der Waals surface area contributed by atoms with Crippen LogP contribution in [0.5, 0.6) is 0 Å². The van der Waals surface area contributed by atoms with E-state index in [1.54, 1.807) is 0 Å². The molecule has 1 atom stereocenters. The molecule has 0 aliphatic heterocycles. The molecule has 3 nitrogen and oxygen atoms in total. The van der Waals surface area contributed by atoms with Gasteiger partial charge in [-0.05, 0) is 12.8 Å². The third kappa shape index (κ3) is 9.71. The van der Waals surface area contributed by atoms with Gasteiger partial charge < -0.3 is 14.0 Å². The first kappa shape index (κ1) is 10.7. The van der Waals surface area contributed by atoms with Crippen LogP contribution < -0.4 is 4.89 Å². The van der Waals surface area contributed by atoms with E-state index < -0.39 is 7.60 Å². The first-order valence-electron chi connectivity index (χ1n) is 3.43. The quantitative estimate of drug-likeness (QED) is 0.355. The lowest BCUT2D eigenvalue weighted by molar-refractivity contribution is -0.196. The third-order valence-corrected chi connectivity index (χ3v) is 1.69. The van der Waals surface area contributed by atoms with E-state index in [1.165, 1.54) is 0 Å². The van der Waals surface area contributed by atoms with Gasteiger partial charge in [0.15, 0.2) is 0 Å². The Labute approximate surface area is 67.3 Å². The van der Waals surface area contributed by atoms with Crippen LogP contribution in [-0.4, -0.2) is 13.3 Å². The molecule has 0 amide bonds. The van der Waals surface area contributed by atoms with E-state index in [1.807, 2.05) is 0 Å². The van der Waals surface area contributed by atoms with E-state index >= 15 is 0 Å². The summed E-state index contributed by atoms with van der Waals surface area (Å²) in [7, 11) is -3.52. The summed E-state index contributed by atoms with van der Waals surface area (Å²) in [5.41, 5.74) is 0. The Kier molecular flexibility index (Phi) is 5.23. The summed E-state index contributed by atoms with van der Waals surface area (Å²) in [6.45, 7) is 1.31. The van der Waals surface area contributed by atoms with Gasteiger partial charge in [-0.3, -0.25) is 0 Å². The van der Waals surface area contributed by atoms with Crippen molar-refractivity contribution in [3.05, 3.63) is 0 Å². The van der Waals surface area contributed by atoms with Crippen LogP contribution in [0.1, 0.15) is 19.3 Å². The van der Waals surface area contributed by atoms with E-state index in [-0.39, 0.29) is 6.61 Å². The predicted octanol–water partition coefficient (Wildman–Crippen LogP) is 0.990. The molecule has 0 bridgehead atoms. The average molecular weight is 175 g/mol. The number of terminal acetylenes is 1. The van der Waals surface area contributed by atoms with Gasteiger partial charge in [-0.1, -0.05) is 0 Å². The first-order valence-corrected chi connectivity index (χ1v) is 5.42. The van der Waals surface area contributed by atoms with Gasteiger partial charge in [0.2, 0.25) is 0 Å². The van der Waals surface area contributed by atoms with Crippen molar-refractivity contribution in [2.24, 2.45) is 0 Å². The van der Waals surface area contributed by atoms with Crippen molar-refractivity contribution in [1.29, 1.82) is 0 Å². The average Bonchev–Trinajstić information content (AvgIpc) is 1.85. The zero-order valence-electron chi connectivity index (χ0n) is 6.58. The van der Waals surface area contributed by atoms with Crippen molar-refractivity contribution in [1.82, 2.24) is 0 Å². The lowest BCUT2D eigenvalue weighted by Crippen LogP contribution is -2.03. The Morgan fingerprint density at radius 1 is 1.64 bits per heavy atom. The molecule has 0 rings (SSSR count). The van der Waals surface area contributed by atoms with Gasteiger partial charge >= 0.3 is 0 Å². The maximum atomic E-state index is 10.4. The molecular weight excluding hydrogens is 163 g/mol. The number of unbranched alkanes of at least 4 members (excludes halogenated alkanes) is 2. The van der Waals surface area contributed by atoms with Crippen molar-refractivity contribution in [3.63, 3.8) is 0 Å². The summed E-state index contributed by atoms with van der Waals surface area (Å²) < 4.78 is 14.9. The van der Waals surface area contributed by atoms with E-state index in [0.717, 1.165) is 13.1 Å². The minimum atomic E-state index is -3.52. The van der Waals surface area contributed by atoms with E-state index in [4.69, 9.17) is 6.42 Å². The fraction of sp³-hybridized carbons (Fsp3) is 0.714. The molecule has 0 heterocycles. The SMILES string of the molecule is C#CCCCCOP(C)(=O)[O-]. The van der Waals surface area contributed by atoms with Crippen molar-refractivity contribution < 1.29 is 14.0 Å². The lowest BCUT2D eigenvalue weighted by Gasteiger charge is -2.17. The Hall–Kier alpha value is -0.290. The highest BCUT2D eigenvalue weighted by molar-refractivity contribution is 7.50. The number of hydrogen-bond donors (Lipinski definition) is 0. The summed E-state index contributed by atoms with van der Waals surface area (Å²) in [4.78, 5) is 10.4. The molecule has 0 aromatic carbocycles. The fourth-order valence-electron chi connectivity index (χ4n) is 0.559. The monoisotopic (exact) mass is 175 g/mol. The Balaban J connectivity index is 3.17. The first-order chi connectivity index (χ1) is 5.06. The van der Waals surface area contributed by atoms with Gasteiger partial charge in [-0.25, -0.2) is 0 Å². The molecule has 0 radical (unpaired) electrons. The van der Waals surface area contributed by atoms with Crippen LogP contribution in [0, 0.1) is 12.3 Å². The molecule has 0 aromatic heterocycles. The topological polar surface area (TPSA) is 49.4 Å². The summed E-state index contributed by atoms with van der Waals surface area (Å²) in [6.07, 6.45) is 7.18. The highest BCUT2D eigenvalue weighted by Crippen LogP contribution is 2.30. The van der Waals surface area contributed by atoms with Gasteiger partial charge in [0.25, 0.3) is 0 Å². The zero-order chi connectivity index (χ0) is 8.74. The smallest absolute Gasteiger partial charge is 0.131 e. The van der Waals surface area contributed by atoms with Crippen LogP contribution in [-0.2, 0) is 9.09 Å². The van der Waals surface area contributed by atoms with Crippen LogP contribution in [0.4, 0.5) is 0 Å². The molecule has 1 unspecified atom stereocenters. The normalized spacial score (nSPS) is 15.4. The molecule has 64 valence electrons.